The number of hydrogen-bond acceptors (Lipinski definition) is 3. The largest absolute Gasteiger partial charge is 0.357 e. The zero-order chi connectivity index (χ0) is 20.8. The zero-order valence-electron chi connectivity index (χ0n) is 16.2. The molecule has 2 aromatic carbocycles. The van der Waals surface area contributed by atoms with Gasteiger partial charge in [0.15, 0.2) is 5.11 Å². The van der Waals surface area contributed by atoms with E-state index >= 15 is 0 Å². The molecule has 29 heavy (non-hydrogen) atoms. The summed E-state index contributed by atoms with van der Waals surface area (Å²) in [6.07, 6.45) is 0. The molecule has 0 aliphatic carbocycles. The number of halogens is 1. The highest BCUT2D eigenvalue weighted by atomic mass is 79.9. The van der Waals surface area contributed by atoms with Crippen LogP contribution in [-0.4, -0.2) is 20.8 Å². The van der Waals surface area contributed by atoms with E-state index in [1.165, 1.54) is 0 Å². The Morgan fingerprint density at radius 2 is 1.76 bits per heavy atom. The van der Waals surface area contributed by atoms with E-state index in [4.69, 9.17) is 12.2 Å². The average Bonchev–Trinajstić information content (AvgIpc) is 2.98. The molecule has 0 spiro atoms. The van der Waals surface area contributed by atoms with Crippen molar-refractivity contribution in [1.29, 1.82) is 0 Å². The SMILES string of the molecule is Cc1nn(CC(=O)NNC(=S)NCc2ccccc2-c2ccccc2)c(C)c1Br. The summed E-state index contributed by atoms with van der Waals surface area (Å²) in [5.74, 6) is -0.239. The Morgan fingerprint density at radius 3 is 2.45 bits per heavy atom. The van der Waals surface area contributed by atoms with Gasteiger partial charge in [-0.15, -0.1) is 0 Å². The van der Waals surface area contributed by atoms with E-state index in [1.807, 2.05) is 44.2 Å². The lowest BCUT2D eigenvalue weighted by molar-refractivity contribution is -0.122. The summed E-state index contributed by atoms with van der Waals surface area (Å²) in [6, 6.07) is 18.3. The maximum absolute atomic E-state index is 12.2. The van der Waals surface area contributed by atoms with Gasteiger partial charge in [-0.3, -0.25) is 20.3 Å². The third-order valence-corrected chi connectivity index (χ3v) is 5.84. The molecule has 0 bridgehead atoms. The van der Waals surface area contributed by atoms with Crippen LogP contribution in [0.15, 0.2) is 59.1 Å². The maximum atomic E-state index is 12.2. The summed E-state index contributed by atoms with van der Waals surface area (Å²) in [4.78, 5) is 12.2. The van der Waals surface area contributed by atoms with Crippen LogP contribution in [0.4, 0.5) is 0 Å². The first-order valence-corrected chi connectivity index (χ1v) is 10.3. The second kappa shape index (κ2) is 9.67. The maximum Gasteiger partial charge on any atom is 0.260 e. The fourth-order valence-electron chi connectivity index (χ4n) is 2.92. The smallest absolute Gasteiger partial charge is 0.260 e. The summed E-state index contributed by atoms with van der Waals surface area (Å²) < 4.78 is 2.55. The lowest BCUT2D eigenvalue weighted by Crippen LogP contribution is -2.47. The molecule has 3 aromatic rings. The van der Waals surface area contributed by atoms with Crippen LogP contribution in [0.1, 0.15) is 17.0 Å². The summed E-state index contributed by atoms with van der Waals surface area (Å²) >= 11 is 8.74. The lowest BCUT2D eigenvalue weighted by atomic mass is 10.00. The molecule has 150 valence electrons. The van der Waals surface area contributed by atoms with E-state index in [2.05, 4.69) is 61.5 Å². The average molecular weight is 472 g/mol. The number of thiocarbonyl (C=S) groups is 1. The van der Waals surface area contributed by atoms with Crippen LogP contribution in [0.3, 0.4) is 0 Å². The number of carbonyl (C=O) groups excluding carboxylic acids is 1. The van der Waals surface area contributed by atoms with Crippen LogP contribution in [0.5, 0.6) is 0 Å². The Balaban J connectivity index is 1.52. The Kier molecular flexibility index (Phi) is 7.00. The molecule has 0 saturated heterocycles. The number of benzene rings is 2. The first-order chi connectivity index (χ1) is 14.0. The van der Waals surface area contributed by atoms with Crippen molar-refractivity contribution in [3.8, 4) is 11.1 Å². The van der Waals surface area contributed by atoms with Crippen molar-refractivity contribution in [3.63, 3.8) is 0 Å². The molecule has 0 unspecified atom stereocenters. The molecular weight excluding hydrogens is 450 g/mol. The lowest BCUT2D eigenvalue weighted by Gasteiger charge is -2.14. The van der Waals surface area contributed by atoms with Gasteiger partial charge in [0.2, 0.25) is 0 Å². The molecule has 3 rings (SSSR count). The van der Waals surface area contributed by atoms with E-state index in [0.717, 1.165) is 32.6 Å². The van der Waals surface area contributed by atoms with Crippen molar-refractivity contribution in [2.45, 2.75) is 26.9 Å². The van der Waals surface area contributed by atoms with Gasteiger partial charge in [-0.05, 0) is 58.7 Å². The van der Waals surface area contributed by atoms with Gasteiger partial charge in [0.25, 0.3) is 5.91 Å². The van der Waals surface area contributed by atoms with Gasteiger partial charge in [-0.2, -0.15) is 5.10 Å². The molecule has 1 aromatic heterocycles. The number of nitrogens with one attached hydrogen (secondary N) is 3. The summed E-state index contributed by atoms with van der Waals surface area (Å²) in [5, 5.41) is 7.80. The van der Waals surface area contributed by atoms with Gasteiger partial charge in [0.1, 0.15) is 6.54 Å². The van der Waals surface area contributed by atoms with E-state index in [1.54, 1.807) is 4.68 Å². The molecular formula is C21H22BrN5OS. The van der Waals surface area contributed by atoms with E-state index < -0.39 is 0 Å². The number of rotatable bonds is 5. The van der Waals surface area contributed by atoms with Gasteiger partial charge >= 0.3 is 0 Å². The fraction of sp³-hybridized carbons (Fsp3) is 0.190. The number of aryl methyl sites for hydroxylation is 1. The van der Waals surface area contributed by atoms with Crippen molar-refractivity contribution in [2.24, 2.45) is 0 Å². The van der Waals surface area contributed by atoms with Crippen molar-refractivity contribution >= 4 is 39.2 Å². The fourth-order valence-corrected chi connectivity index (χ4v) is 3.33. The Labute approximate surface area is 183 Å². The predicted molar refractivity (Wildman–Crippen MR) is 122 cm³/mol. The second-order valence-electron chi connectivity index (χ2n) is 6.52. The van der Waals surface area contributed by atoms with E-state index in [0.29, 0.717) is 11.7 Å². The van der Waals surface area contributed by atoms with Crippen LogP contribution in [0.2, 0.25) is 0 Å². The number of carbonyl (C=O) groups is 1. The van der Waals surface area contributed by atoms with Crippen LogP contribution in [0.25, 0.3) is 11.1 Å². The van der Waals surface area contributed by atoms with Crippen molar-refractivity contribution in [1.82, 2.24) is 25.9 Å². The predicted octanol–water partition coefficient (Wildman–Crippen LogP) is 3.62. The highest BCUT2D eigenvalue weighted by molar-refractivity contribution is 9.10. The number of amides is 1. The van der Waals surface area contributed by atoms with E-state index in [9.17, 15) is 4.79 Å². The third-order valence-electron chi connectivity index (χ3n) is 4.44. The van der Waals surface area contributed by atoms with Crippen LogP contribution in [-0.2, 0) is 17.9 Å². The third kappa shape index (κ3) is 5.42. The molecule has 0 radical (unpaired) electrons. The van der Waals surface area contributed by atoms with Crippen molar-refractivity contribution < 1.29 is 4.79 Å². The Bertz CT molecular complexity index is 1020. The highest BCUT2D eigenvalue weighted by Gasteiger charge is 2.12. The molecule has 3 N–H and O–H groups in total. The van der Waals surface area contributed by atoms with Crippen molar-refractivity contribution in [2.75, 3.05) is 0 Å². The number of aromatic nitrogens is 2. The van der Waals surface area contributed by atoms with Crippen molar-refractivity contribution in [3.05, 3.63) is 76.0 Å². The minimum absolute atomic E-state index is 0.102. The molecule has 1 heterocycles. The minimum atomic E-state index is -0.239. The summed E-state index contributed by atoms with van der Waals surface area (Å²) in [7, 11) is 0. The molecule has 6 nitrogen and oxygen atoms in total. The monoisotopic (exact) mass is 471 g/mol. The highest BCUT2D eigenvalue weighted by Crippen LogP contribution is 2.23. The van der Waals surface area contributed by atoms with E-state index in [-0.39, 0.29) is 12.5 Å². The standard InChI is InChI=1S/C21H22BrN5OS/c1-14-20(22)15(2)27(26-14)13-19(28)24-25-21(29)23-12-17-10-6-7-11-18(17)16-8-4-3-5-9-16/h3-11H,12-13H2,1-2H3,(H,24,28)(H2,23,25,29). The minimum Gasteiger partial charge on any atom is -0.357 e. The van der Waals surface area contributed by atoms with Gasteiger partial charge in [0.05, 0.1) is 15.9 Å². The quantitative estimate of drug-likeness (QED) is 0.391. The molecule has 0 aliphatic heterocycles. The van der Waals surface area contributed by atoms with Gasteiger partial charge < -0.3 is 5.32 Å². The van der Waals surface area contributed by atoms with Gasteiger partial charge in [-0.25, -0.2) is 0 Å². The topological polar surface area (TPSA) is 71.0 Å². The van der Waals surface area contributed by atoms with Gasteiger partial charge in [-0.1, -0.05) is 54.6 Å². The molecule has 1 amide bonds. The Morgan fingerprint density at radius 1 is 1.07 bits per heavy atom. The normalized spacial score (nSPS) is 10.4. The number of hydrogen-bond donors (Lipinski definition) is 3. The van der Waals surface area contributed by atoms with Crippen LogP contribution in [0, 0.1) is 13.8 Å². The summed E-state index contributed by atoms with van der Waals surface area (Å²) in [5.41, 5.74) is 10.5. The first kappa shape index (κ1) is 21.0. The van der Waals surface area contributed by atoms with Crippen LogP contribution >= 0.6 is 28.1 Å². The van der Waals surface area contributed by atoms with Crippen LogP contribution < -0.4 is 16.2 Å². The Hall–Kier alpha value is -2.71. The molecule has 0 atom stereocenters. The number of hydrazine groups is 1. The molecule has 0 fully saturated rings. The zero-order valence-corrected chi connectivity index (χ0v) is 18.6. The first-order valence-electron chi connectivity index (χ1n) is 9.11. The van der Waals surface area contributed by atoms with Gasteiger partial charge in [0, 0.05) is 6.54 Å². The summed E-state index contributed by atoms with van der Waals surface area (Å²) in [6.45, 7) is 4.43. The molecule has 0 aliphatic rings. The second-order valence-corrected chi connectivity index (χ2v) is 7.72. The number of nitrogens with zero attached hydrogens (tertiary/aromatic N) is 2. The molecule has 0 saturated carbocycles. The molecule has 8 heteroatoms.